The van der Waals surface area contributed by atoms with E-state index in [4.69, 9.17) is 8.42 Å². The van der Waals surface area contributed by atoms with Crippen LogP contribution in [0.15, 0.2) is 0 Å². The van der Waals surface area contributed by atoms with Crippen LogP contribution in [0.2, 0.25) is 0 Å². The molecule has 0 unspecified atom stereocenters. The summed E-state index contributed by atoms with van der Waals surface area (Å²) in [4.78, 5) is 0. The maximum absolute atomic E-state index is 11.2. The summed E-state index contributed by atoms with van der Waals surface area (Å²) < 4.78 is 26.0. The molecule has 0 rings (SSSR count). The average molecular weight is 310 g/mol. The maximum atomic E-state index is 11.2. The third kappa shape index (κ3) is 9.86. The van der Waals surface area contributed by atoms with Gasteiger partial charge in [-0.3, -0.25) is 0 Å². The number of hydrogen-bond acceptors (Lipinski definition) is 3. The normalized spacial score (nSPS) is 11.8. The third-order valence-corrected chi connectivity index (χ3v) is 4.52. The molecule has 0 radical (unpaired) electrons. The second-order valence-corrected chi connectivity index (χ2v) is 6.44. The van der Waals surface area contributed by atoms with Crippen LogP contribution in [0.25, 0.3) is 0 Å². The Hall–Kier alpha value is 0.394. The molecular formula is C14H30O4Ti. The molecule has 0 atom stereocenters. The third-order valence-electron chi connectivity index (χ3n) is 3.57. The molecule has 2 N–H and O–H groups in total. The van der Waals surface area contributed by atoms with Gasteiger partial charge in [0.25, 0.3) is 0 Å². The summed E-state index contributed by atoms with van der Waals surface area (Å²) in [5.41, 5.74) is -0.396. The summed E-state index contributed by atoms with van der Waals surface area (Å²) in [5.74, 6) is 0. The van der Waals surface area contributed by atoms with Gasteiger partial charge in [-0.15, -0.1) is 0 Å². The van der Waals surface area contributed by atoms with Crippen molar-refractivity contribution in [1.29, 1.82) is 0 Å². The molecule has 0 spiro atoms. The molecule has 0 saturated heterocycles. The molecule has 0 aliphatic rings. The van der Waals surface area contributed by atoms with E-state index in [0.717, 1.165) is 64.2 Å². The Kier molecular flexibility index (Phi) is 12.4. The van der Waals surface area contributed by atoms with E-state index in [-0.39, 0.29) is 6.61 Å². The summed E-state index contributed by atoms with van der Waals surface area (Å²) in [6.45, 7) is 4.48. The van der Waals surface area contributed by atoms with Crippen molar-refractivity contribution >= 4 is 0 Å². The van der Waals surface area contributed by atoms with Crippen molar-refractivity contribution in [2.45, 2.75) is 83.7 Å². The van der Waals surface area contributed by atoms with Gasteiger partial charge in [-0.05, 0) is 0 Å². The Morgan fingerprint density at radius 1 is 0.947 bits per heavy atom. The van der Waals surface area contributed by atoms with Gasteiger partial charge in [0.15, 0.2) is 0 Å². The molecule has 5 heteroatoms. The monoisotopic (exact) mass is 310 g/mol. The topological polar surface area (TPSA) is 66.8 Å². The van der Waals surface area contributed by atoms with E-state index in [2.05, 4.69) is 13.8 Å². The summed E-state index contributed by atoms with van der Waals surface area (Å²) in [7, 11) is 0. The molecule has 19 heavy (non-hydrogen) atoms. The van der Waals surface area contributed by atoms with Crippen molar-refractivity contribution in [3.05, 3.63) is 0 Å². The summed E-state index contributed by atoms with van der Waals surface area (Å²) in [5, 5.41) is 8.81. The van der Waals surface area contributed by atoms with Crippen molar-refractivity contribution in [1.82, 2.24) is 0 Å². The van der Waals surface area contributed by atoms with Crippen LogP contribution < -0.4 is 0 Å². The first-order valence-electron chi connectivity index (χ1n) is 7.63. The molecule has 0 aliphatic heterocycles. The van der Waals surface area contributed by atoms with E-state index in [1.807, 2.05) is 0 Å². The molecule has 114 valence electrons. The minimum atomic E-state index is -3.50. The zero-order chi connectivity index (χ0) is 14.6. The second-order valence-electron chi connectivity index (χ2n) is 5.29. The molecule has 0 saturated carbocycles. The quantitative estimate of drug-likeness (QED) is 0.404. The minimum absolute atomic E-state index is 0.221. The summed E-state index contributed by atoms with van der Waals surface area (Å²) >= 11 is -3.50. The first kappa shape index (κ1) is 19.4. The average Bonchev–Trinajstić information content (AvgIpc) is 2.38. The Morgan fingerprint density at radius 2 is 1.47 bits per heavy atom. The summed E-state index contributed by atoms with van der Waals surface area (Å²) in [6.07, 6.45) is 9.54. The van der Waals surface area contributed by atoms with E-state index >= 15 is 0 Å². The van der Waals surface area contributed by atoms with Crippen molar-refractivity contribution in [2.24, 2.45) is 0 Å². The van der Waals surface area contributed by atoms with Crippen molar-refractivity contribution in [3.8, 4) is 0 Å². The Labute approximate surface area is 124 Å². The van der Waals surface area contributed by atoms with E-state index in [0.29, 0.717) is 0 Å². The van der Waals surface area contributed by atoms with Crippen LogP contribution in [0, 0.1) is 0 Å². The van der Waals surface area contributed by atoms with Gasteiger partial charge in [-0.2, -0.15) is 0 Å². The van der Waals surface area contributed by atoms with Gasteiger partial charge in [0.05, 0.1) is 0 Å². The van der Waals surface area contributed by atoms with E-state index < -0.39 is 24.2 Å². The molecule has 0 bridgehead atoms. The van der Waals surface area contributed by atoms with Gasteiger partial charge in [0.1, 0.15) is 0 Å². The van der Waals surface area contributed by atoms with Gasteiger partial charge >= 0.3 is 124 Å². The number of rotatable bonds is 13. The van der Waals surface area contributed by atoms with E-state index in [1.165, 1.54) is 0 Å². The molecule has 0 fully saturated rings. The van der Waals surface area contributed by atoms with Gasteiger partial charge in [0, 0.05) is 0 Å². The van der Waals surface area contributed by atoms with Crippen molar-refractivity contribution < 1.29 is 34.1 Å². The number of aliphatic hydroxyl groups excluding tert-OH is 1. The Bertz CT molecular complexity index is 225. The molecule has 0 aromatic carbocycles. The first-order chi connectivity index (χ1) is 9.10. The van der Waals surface area contributed by atoms with Gasteiger partial charge < -0.3 is 0 Å². The fourth-order valence-electron chi connectivity index (χ4n) is 2.45. The predicted molar refractivity (Wildman–Crippen MR) is 71.3 cm³/mol. The first-order valence-corrected chi connectivity index (χ1v) is 9.60. The zero-order valence-electron chi connectivity index (χ0n) is 12.5. The molecule has 0 aromatic heterocycles. The SMILES string of the molecule is CCCCC(CCCC)(CCCCCO)[O][Ti](=[O])[OH]. The Balaban J connectivity index is 4.52. The van der Waals surface area contributed by atoms with Crippen molar-refractivity contribution in [2.75, 3.05) is 6.61 Å². The molecule has 0 heterocycles. The number of unbranched alkanes of at least 4 members (excludes halogenated alkanes) is 4. The van der Waals surface area contributed by atoms with Crippen molar-refractivity contribution in [3.63, 3.8) is 0 Å². The Morgan fingerprint density at radius 3 is 1.89 bits per heavy atom. The standard InChI is InChI=1S/C14H29O2.H2O.O.Ti/c1-3-5-10-14(16,11-6-4-2)12-8-7-9-13-15;;;/h15H,3-13H2,1-2H3;1H2;;/q-1;;;+2/p-1. The van der Waals surface area contributed by atoms with E-state index in [9.17, 15) is 7.01 Å². The summed E-state index contributed by atoms with van der Waals surface area (Å²) in [6, 6.07) is 0. The molecular weight excluding hydrogens is 280 g/mol. The number of aliphatic hydroxyl groups is 1. The van der Waals surface area contributed by atoms with Crippen LogP contribution in [-0.2, 0) is 25.3 Å². The molecule has 0 amide bonds. The molecule has 0 aromatic rings. The van der Waals surface area contributed by atoms with E-state index in [1.54, 1.807) is 0 Å². The second kappa shape index (κ2) is 12.2. The fraction of sp³-hybridized carbons (Fsp3) is 1.00. The van der Waals surface area contributed by atoms with Crippen LogP contribution >= 0.6 is 0 Å². The number of hydrogen-bond donors (Lipinski definition) is 2. The fourth-order valence-corrected chi connectivity index (χ4v) is 3.50. The predicted octanol–water partition coefficient (Wildman–Crippen LogP) is 3.46. The van der Waals surface area contributed by atoms with Gasteiger partial charge in [0.2, 0.25) is 0 Å². The van der Waals surface area contributed by atoms with Crippen LogP contribution in [0.5, 0.6) is 0 Å². The molecule has 0 aliphatic carbocycles. The van der Waals surface area contributed by atoms with Gasteiger partial charge in [-0.1, -0.05) is 0 Å². The van der Waals surface area contributed by atoms with Crippen LogP contribution in [0.1, 0.15) is 78.1 Å². The van der Waals surface area contributed by atoms with Crippen LogP contribution in [-0.4, -0.2) is 21.0 Å². The van der Waals surface area contributed by atoms with Crippen LogP contribution in [0.4, 0.5) is 0 Å². The molecule has 4 nitrogen and oxygen atoms in total. The van der Waals surface area contributed by atoms with Crippen LogP contribution in [0.3, 0.4) is 0 Å². The zero-order valence-corrected chi connectivity index (χ0v) is 14.1. The van der Waals surface area contributed by atoms with Gasteiger partial charge in [-0.25, -0.2) is 0 Å².